The van der Waals surface area contributed by atoms with Gasteiger partial charge in [-0.3, -0.25) is 25.3 Å². The third-order valence-corrected chi connectivity index (χ3v) is 0. The molecular weight excluding hydrogens is 415 g/mol. The van der Waals surface area contributed by atoms with Gasteiger partial charge >= 0.3 is 0 Å². The molecule has 0 amide bonds. The largest absolute Gasteiger partial charge is 0.759 e. The zero-order valence-electron chi connectivity index (χ0n) is 7.24. The van der Waals surface area contributed by atoms with Crippen molar-refractivity contribution < 1.29 is 73.6 Å². The molecule has 0 heterocycles. The van der Waals surface area contributed by atoms with Gasteiger partial charge in [0.1, 0.15) is 0 Å². The summed E-state index contributed by atoms with van der Waals surface area (Å²) in [7, 11) is -15.5. The Kier molecular flexibility index (Phi) is 21.3. The summed E-state index contributed by atoms with van der Waals surface area (Å²) in [5.74, 6) is 0. The maximum absolute atomic E-state index is 8.52. The van der Waals surface area contributed by atoms with E-state index in [9.17, 15) is 0 Å². The van der Waals surface area contributed by atoms with Crippen molar-refractivity contribution in [3.63, 3.8) is 0 Å². The van der Waals surface area contributed by atoms with Gasteiger partial charge in [-0.25, -0.2) is 0 Å². The minimum absolute atomic E-state index is 0. The Morgan fingerprint density at radius 1 is 0.471 bits per heavy atom. The second-order valence-corrected chi connectivity index (χ2v) is 3.67. The molecular formula is H3MoO12PS3-6. The van der Waals surface area contributed by atoms with Crippen LogP contribution in [0.25, 0.3) is 0 Å². The Morgan fingerprint density at radius 2 is 0.471 bits per heavy atom. The predicted molar refractivity (Wildman–Crippen MR) is 42.5 cm³/mol. The average Bonchev–Trinajstić information content (AvgIpc) is 1.41. The van der Waals surface area contributed by atoms with E-state index >= 15 is 0 Å². The fourth-order valence-corrected chi connectivity index (χ4v) is 0. The fourth-order valence-electron chi connectivity index (χ4n) is 0. The molecule has 0 spiro atoms. The molecule has 0 radical (unpaired) electrons. The molecule has 0 aliphatic heterocycles. The van der Waals surface area contributed by atoms with E-state index in [0.717, 1.165) is 0 Å². The molecule has 0 bridgehead atoms. The van der Waals surface area contributed by atoms with Crippen molar-refractivity contribution in [3.8, 4) is 0 Å². The summed E-state index contributed by atoms with van der Waals surface area (Å²) in [6.45, 7) is 0. The Bertz CT molecular complexity index is 343. The van der Waals surface area contributed by atoms with E-state index in [0.29, 0.717) is 0 Å². The van der Waals surface area contributed by atoms with Crippen LogP contribution in [0.5, 0.6) is 0 Å². The second-order valence-electron chi connectivity index (χ2n) is 1.22. The van der Waals surface area contributed by atoms with Gasteiger partial charge in [0.25, 0.3) is 0 Å². The van der Waals surface area contributed by atoms with Gasteiger partial charge < -0.3 is 27.3 Å². The zero-order valence-corrected chi connectivity index (χ0v) is 13.1. The molecule has 1 atom stereocenters. The first-order valence-corrected chi connectivity index (χ1v) is 6.00. The number of hydrogen-bond acceptors (Lipinski definition) is 12. The maximum Gasteiger partial charge on any atom is 0.0311 e. The standard InChI is InChI=1S/Mo.3H2O4S.H3P/c;3*1-5(2,3)4;/h;3*(H2,1,2,3,4);1H3/p-6. The average molecular weight is 418 g/mol. The van der Waals surface area contributed by atoms with E-state index in [1.165, 1.54) is 0 Å². The van der Waals surface area contributed by atoms with Crippen LogP contribution >= 0.6 is 9.90 Å². The quantitative estimate of drug-likeness (QED) is 0.158. The monoisotopic (exact) mass is 420 g/mol. The Labute approximate surface area is 114 Å². The normalized spacial score (nSPS) is 10.2. The molecule has 17 heteroatoms. The van der Waals surface area contributed by atoms with Crippen LogP contribution in [0.4, 0.5) is 0 Å². The third-order valence-electron chi connectivity index (χ3n) is 0. The molecule has 0 aliphatic carbocycles. The fraction of sp³-hybridized carbons (Fsp3) is 0. The van der Waals surface area contributed by atoms with Crippen molar-refractivity contribution in [1.82, 2.24) is 0 Å². The summed E-state index contributed by atoms with van der Waals surface area (Å²) in [5, 5.41) is 0. The summed E-state index contributed by atoms with van der Waals surface area (Å²) in [4.78, 5) is 0. The molecule has 0 aliphatic rings. The van der Waals surface area contributed by atoms with Gasteiger partial charge in [0.2, 0.25) is 0 Å². The summed E-state index contributed by atoms with van der Waals surface area (Å²) in [6, 6.07) is 0. The van der Waals surface area contributed by atoms with Crippen molar-refractivity contribution in [2.24, 2.45) is 0 Å². The topological polar surface area (TPSA) is 241 Å². The van der Waals surface area contributed by atoms with Crippen LogP contribution in [-0.2, 0) is 52.3 Å². The van der Waals surface area contributed by atoms with Gasteiger partial charge in [0.05, 0.1) is 0 Å². The maximum atomic E-state index is 8.52. The third kappa shape index (κ3) is 6840. The smallest absolute Gasteiger partial charge is 0.0311 e. The Hall–Kier alpha value is 0.728. The van der Waals surface area contributed by atoms with Gasteiger partial charge in [0, 0.05) is 52.3 Å². The molecule has 0 rings (SSSR count). The van der Waals surface area contributed by atoms with Crippen LogP contribution in [0.3, 0.4) is 0 Å². The van der Waals surface area contributed by atoms with E-state index in [-0.39, 0.29) is 31.0 Å². The van der Waals surface area contributed by atoms with Gasteiger partial charge in [-0.15, -0.1) is 0 Å². The number of hydrogen-bond donors (Lipinski definition) is 0. The van der Waals surface area contributed by atoms with Crippen LogP contribution in [0.15, 0.2) is 0 Å². The van der Waals surface area contributed by atoms with Gasteiger partial charge in [0.15, 0.2) is 0 Å². The van der Waals surface area contributed by atoms with E-state index < -0.39 is 31.2 Å². The molecule has 12 nitrogen and oxygen atoms in total. The van der Waals surface area contributed by atoms with Crippen molar-refractivity contribution in [2.45, 2.75) is 0 Å². The zero-order chi connectivity index (χ0) is 13.5. The SMILES string of the molecule is O=S(=O)([O-])[O-].O=S(=O)([O-])[O-].O=S(=O)([O-])[O-].P.[Mo]. The van der Waals surface area contributed by atoms with E-state index in [1.807, 2.05) is 0 Å². The van der Waals surface area contributed by atoms with Crippen molar-refractivity contribution >= 4 is 41.1 Å². The minimum atomic E-state index is -5.17. The summed E-state index contributed by atoms with van der Waals surface area (Å²) < 4.78 is 102. The van der Waals surface area contributed by atoms with Gasteiger partial charge in [-0.05, 0) is 0 Å². The van der Waals surface area contributed by atoms with Crippen molar-refractivity contribution in [3.05, 3.63) is 0 Å². The molecule has 0 aromatic carbocycles. The van der Waals surface area contributed by atoms with Crippen LogP contribution in [0, 0.1) is 0 Å². The first-order chi connectivity index (χ1) is 6.00. The van der Waals surface area contributed by atoms with Gasteiger partial charge in [-0.1, -0.05) is 0 Å². The van der Waals surface area contributed by atoms with Crippen LogP contribution < -0.4 is 0 Å². The molecule has 0 saturated carbocycles. The Balaban J connectivity index is -0.0000000400. The summed E-state index contributed by atoms with van der Waals surface area (Å²) in [6.07, 6.45) is 0. The number of rotatable bonds is 0. The molecule has 0 fully saturated rings. The first-order valence-electron chi connectivity index (χ1n) is 2.00. The molecule has 110 valence electrons. The van der Waals surface area contributed by atoms with Crippen LogP contribution in [0.2, 0.25) is 0 Å². The molecule has 1 unspecified atom stereocenters. The predicted octanol–water partition coefficient (Wildman–Crippen LogP) is -3.96. The molecule has 0 N–H and O–H groups in total. The summed E-state index contributed by atoms with van der Waals surface area (Å²) in [5.41, 5.74) is 0. The van der Waals surface area contributed by atoms with Crippen LogP contribution in [-0.4, -0.2) is 52.6 Å². The van der Waals surface area contributed by atoms with Crippen molar-refractivity contribution in [2.75, 3.05) is 0 Å². The summed E-state index contributed by atoms with van der Waals surface area (Å²) >= 11 is 0. The first kappa shape index (κ1) is 30.6. The molecule has 17 heavy (non-hydrogen) atoms. The van der Waals surface area contributed by atoms with E-state index in [1.54, 1.807) is 0 Å². The van der Waals surface area contributed by atoms with Crippen molar-refractivity contribution in [1.29, 1.82) is 0 Å². The molecule has 0 aromatic rings. The van der Waals surface area contributed by atoms with Gasteiger partial charge in [-0.2, -0.15) is 9.90 Å². The molecule has 0 saturated heterocycles. The second kappa shape index (κ2) is 11.8. The molecule has 0 aromatic heterocycles. The minimum Gasteiger partial charge on any atom is -0.759 e. The Morgan fingerprint density at radius 3 is 0.471 bits per heavy atom. The van der Waals surface area contributed by atoms with Crippen LogP contribution in [0.1, 0.15) is 0 Å². The van der Waals surface area contributed by atoms with E-state index in [4.69, 9.17) is 52.6 Å². The van der Waals surface area contributed by atoms with E-state index in [2.05, 4.69) is 0 Å².